The third-order valence-corrected chi connectivity index (χ3v) is 3.90. The van der Waals surface area contributed by atoms with Gasteiger partial charge in [0, 0.05) is 33.7 Å². The number of hydrogen-bond donors (Lipinski definition) is 0. The van der Waals surface area contributed by atoms with Crippen LogP contribution in [-0.2, 0) is 4.74 Å². The Morgan fingerprint density at radius 3 is 2.36 bits per heavy atom. The Balaban J connectivity index is 0.00000242. The van der Waals surface area contributed by atoms with Crippen molar-refractivity contribution in [2.75, 3.05) is 40.3 Å². The lowest BCUT2D eigenvalue weighted by Gasteiger charge is -2.28. The first kappa shape index (κ1) is 18.9. The molecule has 2 heterocycles. The van der Waals surface area contributed by atoms with Crippen molar-refractivity contribution in [2.24, 2.45) is 4.99 Å². The molecule has 0 spiro atoms. The molecule has 0 radical (unpaired) electrons. The van der Waals surface area contributed by atoms with Gasteiger partial charge < -0.3 is 19.4 Å². The van der Waals surface area contributed by atoms with Gasteiger partial charge in [-0.15, -0.1) is 12.4 Å². The van der Waals surface area contributed by atoms with E-state index >= 15 is 0 Å². The SMILES string of the molecule is CN1CCN(C)C1=NC[C@@H]1CCCN1C(=O)OC(C)(C)C.Cl. The molecule has 0 aromatic rings. The molecule has 0 unspecified atom stereocenters. The predicted octanol–water partition coefficient (Wildman–Crippen LogP) is 2.04. The topological polar surface area (TPSA) is 48.4 Å². The van der Waals surface area contributed by atoms with E-state index in [-0.39, 0.29) is 24.5 Å². The second-order valence-corrected chi connectivity index (χ2v) is 6.95. The van der Waals surface area contributed by atoms with E-state index in [0.717, 1.165) is 38.4 Å². The van der Waals surface area contributed by atoms with Crippen LogP contribution in [0.15, 0.2) is 4.99 Å². The quantitative estimate of drug-likeness (QED) is 0.776. The van der Waals surface area contributed by atoms with Gasteiger partial charge >= 0.3 is 6.09 Å². The molecule has 0 saturated carbocycles. The minimum atomic E-state index is -0.442. The summed E-state index contributed by atoms with van der Waals surface area (Å²) in [6.45, 7) is 9.15. The summed E-state index contributed by atoms with van der Waals surface area (Å²) in [5.41, 5.74) is -0.442. The average Bonchev–Trinajstić information content (AvgIpc) is 2.93. The minimum Gasteiger partial charge on any atom is -0.444 e. The first-order valence-corrected chi connectivity index (χ1v) is 7.74. The van der Waals surface area contributed by atoms with Crippen LogP contribution in [0.25, 0.3) is 0 Å². The molecule has 0 bridgehead atoms. The standard InChI is InChI=1S/C15H28N4O2.ClH/c1-15(2,3)21-14(20)19-8-6-7-12(19)11-16-13-17(4)9-10-18(13)5;/h12H,6-11H2,1-5H3;1H/t12-;/m0./s1. The minimum absolute atomic E-state index is 0. The summed E-state index contributed by atoms with van der Waals surface area (Å²) in [5, 5.41) is 0. The Morgan fingerprint density at radius 2 is 1.82 bits per heavy atom. The molecular weight excluding hydrogens is 304 g/mol. The molecule has 22 heavy (non-hydrogen) atoms. The molecule has 7 heteroatoms. The molecule has 0 aliphatic carbocycles. The number of likely N-dealkylation sites (N-methyl/N-ethyl adjacent to an activating group) is 2. The smallest absolute Gasteiger partial charge is 0.410 e. The van der Waals surface area contributed by atoms with Crippen molar-refractivity contribution in [2.45, 2.75) is 45.3 Å². The van der Waals surface area contributed by atoms with Crippen molar-refractivity contribution in [3.05, 3.63) is 0 Å². The van der Waals surface area contributed by atoms with Gasteiger partial charge in [-0.3, -0.25) is 4.99 Å². The summed E-state index contributed by atoms with van der Waals surface area (Å²) in [5.74, 6) is 1.02. The first-order valence-electron chi connectivity index (χ1n) is 7.74. The number of rotatable bonds is 2. The van der Waals surface area contributed by atoms with Gasteiger partial charge in [0.05, 0.1) is 12.6 Å². The number of guanidine groups is 1. The van der Waals surface area contributed by atoms with Crippen LogP contribution >= 0.6 is 12.4 Å². The molecule has 2 fully saturated rings. The highest BCUT2D eigenvalue weighted by atomic mass is 35.5. The van der Waals surface area contributed by atoms with Gasteiger partial charge in [0.1, 0.15) is 5.60 Å². The third kappa shape index (κ3) is 4.66. The van der Waals surface area contributed by atoms with Crippen LogP contribution in [0.1, 0.15) is 33.6 Å². The highest BCUT2D eigenvalue weighted by Gasteiger charge is 2.32. The van der Waals surface area contributed by atoms with Crippen molar-refractivity contribution in [1.29, 1.82) is 0 Å². The van der Waals surface area contributed by atoms with E-state index in [1.54, 1.807) is 0 Å². The fourth-order valence-electron chi connectivity index (χ4n) is 2.81. The second kappa shape index (κ2) is 7.40. The Bertz CT molecular complexity index is 410. The predicted molar refractivity (Wildman–Crippen MR) is 90.8 cm³/mol. The molecule has 0 aromatic carbocycles. The van der Waals surface area contributed by atoms with Crippen molar-refractivity contribution in [3.63, 3.8) is 0 Å². The summed E-state index contributed by atoms with van der Waals surface area (Å²) in [6.07, 6.45) is 1.82. The molecule has 6 nitrogen and oxygen atoms in total. The van der Waals surface area contributed by atoms with Gasteiger partial charge in [-0.05, 0) is 33.6 Å². The fraction of sp³-hybridized carbons (Fsp3) is 0.867. The Hall–Kier alpha value is -1.17. The molecule has 2 aliphatic rings. The number of amides is 1. The Morgan fingerprint density at radius 1 is 1.23 bits per heavy atom. The Labute approximate surface area is 139 Å². The molecule has 1 atom stereocenters. The number of ether oxygens (including phenoxy) is 1. The number of hydrogen-bond acceptors (Lipinski definition) is 3. The van der Waals surface area contributed by atoms with Crippen molar-refractivity contribution in [3.8, 4) is 0 Å². The zero-order chi connectivity index (χ0) is 15.6. The van der Waals surface area contributed by atoms with E-state index in [1.165, 1.54) is 0 Å². The molecule has 128 valence electrons. The number of carbonyl (C=O) groups is 1. The van der Waals surface area contributed by atoms with Crippen molar-refractivity contribution >= 4 is 24.5 Å². The summed E-state index contributed by atoms with van der Waals surface area (Å²) in [4.78, 5) is 23.1. The van der Waals surface area contributed by atoms with Crippen LogP contribution in [0.4, 0.5) is 4.79 Å². The van der Waals surface area contributed by atoms with Crippen LogP contribution in [0, 0.1) is 0 Å². The molecule has 2 aliphatic heterocycles. The summed E-state index contributed by atoms with van der Waals surface area (Å²) < 4.78 is 5.48. The normalized spacial score (nSPS) is 22.0. The summed E-state index contributed by atoms with van der Waals surface area (Å²) in [6, 6.07) is 0.162. The molecule has 2 rings (SSSR count). The van der Waals surface area contributed by atoms with E-state index in [2.05, 4.69) is 23.9 Å². The van der Waals surface area contributed by atoms with E-state index < -0.39 is 5.60 Å². The van der Waals surface area contributed by atoms with Crippen molar-refractivity contribution in [1.82, 2.24) is 14.7 Å². The number of carbonyl (C=O) groups excluding carboxylic acids is 1. The summed E-state index contributed by atoms with van der Waals surface area (Å²) >= 11 is 0. The maximum atomic E-state index is 12.2. The molecular formula is C15H29ClN4O2. The molecule has 1 amide bonds. The summed E-state index contributed by atoms with van der Waals surface area (Å²) in [7, 11) is 4.12. The van der Waals surface area contributed by atoms with Crippen LogP contribution in [-0.4, -0.2) is 78.7 Å². The lowest BCUT2D eigenvalue weighted by Crippen LogP contribution is -2.41. The van der Waals surface area contributed by atoms with Gasteiger partial charge in [0.25, 0.3) is 0 Å². The number of halogens is 1. The van der Waals surface area contributed by atoms with E-state index in [4.69, 9.17) is 9.73 Å². The second-order valence-electron chi connectivity index (χ2n) is 6.95. The molecule has 0 N–H and O–H groups in total. The lowest BCUT2D eigenvalue weighted by molar-refractivity contribution is 0.0232. The molecule has 2 saturated heterocycles. The van der Waals surface area contributed by atoms with Crippen LogP contribution in [0.3, 0.4) is 0 Å². The van der Waals surface area contributed by atoms with Gasteiger partial charge in [0.2, 0.25) is 0 Å². The monoisotopic (exact) mass is 332 g/mol. The van der Waals surface area contributed by atoms with Gasteiger partial charge in [0.15, 0.2) is 5.96 Å². The number of likely N-dealkylation sites (tertiary alicyclic amines) is 1. The van der Waals surface area contributed by atoms with E-state index in [0.29, 0.717) is 6.54 Å². The lowest BCUT2D eigenvalue weighted by atomic mass is 10.2. The average molecular weight is 333 g/mol. The Kier molecular flexibility index (Phi) is 6.35. The van der Waals surface area contributed by atoms with Gasteiger partial charge in [-0.2, -0.15) is 0 Å². The number of nitrogens with zero attached hydrogens (tertiary/aromatic N) is 4. The van der Waals surface area contributed by atoms with E-state index in [1.807, 2.05) is 25.7 Å². The van der Waals surface area contributed by atoms with Gasteiger partial charge in [-0.25, -0.2) is 4.79 Å². The third-order valence-electron chi connectivity index (χ3n) is 3.90. The zero-order valence-electron chi connectivity index (χ0n) is 14.3. The highest BCUT2D eigenvalue weighted by Crippen LogP contribution is 2.21. The molecule has 0 aromatic heterocycles. The van der Waals surface area contributed by atoms with Crippen LogP contribution < -0.4 is 0 Å². The van der Waals surface area contributed by atoms with Crippen molar-refractivity contribution < 1.29 is 9.53 Å². The maximum Gasteiger partial charge on any atom is 0.410 e. The highest BCUT2D eigenvalue weighted by molar-refractivity contribution is 5.85. The largest absolute Gasteiger partial charge is 0.444 e. The first-order chi connectivity index (χ1) is 9.78. The number of aliphatic imine (C=N–C) groups is 1. The van der Waals surface area contributed by atoms with E-state index in [9.17, 15) is 4.79 Å². The fourth-order valence-corrected chi connectivity index (χ4v) is 2.81. The van der Waals surface area contributed by atoms with Gasteiger partial charge in [-0.1, -0.05) is 0 Å². The zero-order valence-corrected chi connectivity index (χ0v) is 15.2. The maximum absolute atomic E-state index is 12.2. The van der Waals surface area contributed by atoms with Crippen LogP contribution in [0.5, 0.6) is 0 Å². The van der Waals surface area contributed by atoms with Crippen LogP contribution in [0.2, 0.25) is 0 Å².